The Labute approximate surface area is 117 Å². The van der Waals surface area contributed by atoms with Crippen LogP contribution in [-0.2, 0) is 26.5 Å². The molecule has 1 aromatic heterocycles. The van der Waals surface area contributed by atoms with Gasteiger partial charge in [0.15, 0.2) is 0 Å². The number of methoxy groups -OCH3 is 2. The quantitative estimate of drug-likeness (QED) is 0.675. The highest BCUT2D eigenvalue weighted by Crippen LogP contribution is 2.11. The molecule has 114 valence electrons. The van der Waals surface area contributed by atoms with Crippen molar-refractivity contribution in [3.05, 3.63) is 18.0 Å². The lowest BCUT2D eigenvalue weighted by Gasteiger charge is -2.15. The van der Waals surface area contributed by atoms with Gasteiger partial charge in [0.05, 0.1) is 12.7 Å². The molecule has 1 heterocycles. The van der Waals surface area contributed by atoms with Crippen molar-refractivity contribution >= 4 is 15.9 Å². The summed E-state index contributed by atoms with van der Waals surface area (Å²) in [4.78, 5) is 11.9. The summed E-state index contributed by atoms with van der Waals surface area (Å²) in [6, 6.07) is 1.22. The zero-order valence-electron chi connectivity index (χ0n) is 11.6. The van der Waals surface area contributed by atoms with E-state index in [-0.39, 0.29) is 23.2 Å². The lowest BCUT2D eigenvalue weighted by molar-refractivity contribution is 0.0284. The molecule has 1 aromatic rings. The van der Waals surface area contributed by atoms with Crippen LogP contribution in [0.5, 0.6) is 0 Å². The summed E-state index contributed by atoms with van der Waals surface area (Å²) in [5.41, 5.74) is 0.196. The van der Waals surface area contributed by atoms with Crippen LogP contribution in [0.1, 0.15) is 10.5 Å². The maximum Gasteiger partial charge on any atom is 0.268 e. The molecular formula is C11H19N3O5S. The number of carbonyl (C=O) groups excluding carboxylic acids is 1. The van der Waals surface area contributed by atoms with Crippen LogP contribution in [0.4, 0.5) is 0 Å². The fourth-order valence-electron chi connectivity index (χ4n) is 1.61. The van der Waals surface area contributed by atoms with E-state index in [1.165, 1.54) is 31.0 Å². The Kier molecular flexibility index (Phi) is 5.69. The molecule has 20 heavy (non-hydrogen) atoms. The number of amides is 1. The second-order valence-electron chi connectivity index (χ2n) is 4.24. The molecular weight excluding hydrogens is 286 g/mol. The number of hydrogen-bond acceptors (Lipinski definition) is 5. The van der Waals surface area contributed by atoms with Crippen molar-refractivity contribution in [1.82, 2.24) is 9.88 Å². The Bertz CT molecular complexity index is 567. The lowest BCUT2D eigenvalue weighted by atomic mass is 10.3. The van der Waals surface area contributed by atoms with Crippen molar-refractivity contribution in [2.24, 2.45) is 12.2 Å². The van der Waals surface area contributed by atoms with Gasteiger partial charge in [0.25, 0.3) is 5.91 Å². The number of carbonyl (C=O) groups is 1. The highest BCUT2D eigenvalue weighted by Gasteiger charge is 2.18. The summed E-state index contributed by atoms with van der Waals surface area (Å²) in [7, 11) is 0.777. The van der Waals surface area contributed by atoms with Gasteiger partial charge in [0, 0.05) is 34.0 Å². The van der Waals surface area contributed by atoms with Gasteiger partial charge in [-0.2, -0.15) is 0 Å². The molecule has 1 atom stereocenters. The highest BCUT2D eigenvalue weighted by molar-refractivity contribution is 7.89. The molecule has 1 rings (SSSR count). The number of hydrogen-bond donors (Lipinski definition) is 2. The number of sulfonamides is 1. The van der Waals surface area contributed by atoms with Crippen LogP contribution in [0, 0.1) is 0 Å². The minimum atomic E-state index is -3.83. The molecule has 0 aliphatic heterocycles. The van der Waals surface area contributed by atoms with Crippen LogP contribution in [-0.4, -0.2) is 52.4 Å². The Morgan fingerprint density at radius 1 is 1.50 bits per heavy atom. The van der Waals surface area contributed by atoms with Crippen molar-refractivity contribution in [3.63, 3.8) is 0 Å². The van der Waals surface area contributed by atoms with E-state index in [9.17, 15) is 13.2 Å². The molecule has 0 bridgehead atoms. The summed E-state index contributed by atoms with van der Waals surface area (Å²) in [6.07, 6.45) is 1.01. The number of nitrogens with one attached hydrogen (secondary N) is 1. The number of rotatable bonds is 7. The fourth-order valence-corrected chi connectivity index (χ4v) is 2.19. The van der Waals surface area contributed by atoms with Crippen LogP contribution in [0.25, 0.3) is 0 Å². The van der Waals surface area contributed by atoms with Gasteiger partial charge in [-0.15, -0.1) is 0 Å². The number of nitrogens with two attached hydrogens (primary N) is 1. The number of aryl methyl sites for hydroxylation is 1. The summed E-state index contributed by atoms with van der Waals surface area (Å²) >= 11 is 0. The predicted molar refractivity (Wildman–Crippen MR) is 71.8 cm³/mol. The first-order valence-electron chi connectivity index (χ1n) is 5.78. The Morgan fingerprint density at radius 3 is 2.60 bits per heavy atom. The highest BCUT2D eigenvalue weighted by atomic mass is 32.2. The van der Waals surface area contributed by atoms with Crippen LogP contribution in [0.2, 0.25) is 0 Å². The second-order valence-corrected chi connectivity index (χ2v) is 5.80. The zero-order valence-corrected chi connectivity index (χ0v) is 12.4. The van der Waals surface area contributed by atoms with E-state index >= 15 is 0 Å². The van der Waals surface area contributed by atoms with Gasteiger partial charge in [-0.25, -0.2) is 13.6 Å². The molecule has 1 amide bonds. The molecule has 9 heteroatoms. The second kappa shape index (κ2) is 6.84. The molecule has 8 nitrogen and oxygen atoms in total. The molecule has 0 aliphatic carbocycles. The van der Waals surface area contributed by atoms with Crippen LogP contribution >= 0.6 is 0 Å². The molecule has 0 fully saturated rings. The van der Waals surface area contributed by atoms with Gasteiger partial charge in [-0.3, -0.25) is 4.79 Å². The maximum absolute atomic E-state index is 12.0. The topological polar surface area (TPSA) is 113 Å². The van der Waals surface area contributed by atoms with Crippen LogP contribution in [0.3, 0.4) is 0 Å². The van der Waals surface area contributed by atoms with Gasteiger partial charge in [0.1, 0.15) is 10.6 Å². The van der Waals surface area contributed by atoms with Crippen molar-refractivity contribution in [1.29, 1.82) is 0 Å². The Balaban J connectivity index is 2.76. The van der Waals surface area contributed by atoms with E-state index in [1.54, 1.807) is 7.05 Å². The van der Waals surface area contributed by atoms with Gasteiger partial charge < -0.3 is 19.4 Å². The standard InChI is InChI=1S/C11H19N3O5S/c1-14-6-9(20(12,16)17)4-10(14)11(15)13-5-8(19-3)7-18-2/h4,6,8H,5,7H2,1-3H3,(H,13,15)(H2,12,16,17). The summed E-state index contributed by atoms with van der Waals surface area (Å²) in [5.74, 6) is -0.416. The normalized spacial score (nSPS) is 13.2. The summed E-state index contributed by atoms with van der Waals surface area (Å²) in [6.45, 7) is 0.589. The summed E-state index contributed by atoms with van der Waals surface area (Å²) < 4.78 is 33.9. The van der Waals surface area contributed by atoms with Crippen molar-refractivity contribution in [3.8, 4) is 0 Å². The lowest BCUT2D eigenvalue weighted by Crippen LogP contribution is -2.36. The van der Waals surface area contributed by atoms with Gasteiger partial charge in [-0.05, 0) is 6.07 Å². The van der Waals surface area contributed by atoms with E-state index in [0.29, 0.717) is 6.61 Å². The number of nitrogens with zero attached hydrogens (tertiary/aromatic N) is 1. The van der Waals surface area contributed by atoms with Crippen LogP contribution in [0.15, 0.2) is 17.2 Å². The number of primary sulfonamides is 1. The molecule has 0 aromatic carbocycles. The smallest absolute Gasteiger partial charge is 0.268 e. The molecule has 3 N–H and O–H groups in total. The number of aromatic nitrogens is 1. The van der Waals surface area contributed by atoms with Crippen molar-refractivity contribution in [2.45, 2.75) is 11.0 Å². The first kappa shape index (κ1) is 16.6. The predicted octanol–water partition coefficient (Wildman–Crippen LogP) is -0.936. The molecule has 0 saturated carbocycles. The molecule has 0 saturated heterocycles. The average molecular weight is 305 g/mol. The van der Waals surface area contributed by atoms with E-state index in [0.717, 1.165) is 0 Å². The fraction of sp³-hybridized carbons (Fsp3) is 0.545. The average Bonchev–Trinajstić information content (AvgIpc) is 2.76. The Morgan fingerprint density at radius 2 is 2.15 bits per heavy atom. The van der Waals surface area contributed by atoms with E-state index in [1.807, 2.05) is 0 Å². The van der Waals surface area contributed by atoms with E-state index in [2.05, 4.69) is 5.32 Å². The zero-order chi connectivity index (χ0) is 15.3. The van der Waals surface area contributed by atoms with Crippen LogP contribution < -0.4 is 10.5 Å². The van der Waals surface area contributed by atoms with Crippen molar-refractivity contribution < 1.29 is 22.7 Å². The van der Waals surface area contributed by atoms with E-state index < -0.39 is 15.9 Å². The SMILES string of the molecule is COCC(CNC(=O)c1cc(S(N)(=O)=O)cn1C)OC. The molecule has 1 unspecified atom stereocenters. The Hall–Kier alpha value is -1.42. The monoisotopic (exact) mass is 305 g/mol. The third-order valence-electron chi connectivity index (χ3n) is 2.72. The van der Waals surface area contributed by atoms with E-state index in [4.69, 9.17) is 14.6 Å². The third kappa shape index (κ3) is 4.30. The largest absolute Gasteiger partial charge is 0.382 e. The molecule has 0 spiro atoms. The summed E-state index contributed by atoms with van der Waals surface area (Å²) in [5, 5.41) is 7.65. The van der Waals surface area contributed by atoms with Gasteiger partial charge in [0.2, 0.25) is 10.0 Å². The van der Waals surface area contributed by atoms with Gasteiger partial charge >= 0.3 is 0 Å². The minimum absolute atomic E-state index is 0.106. The first-order valence-corrected chi connectivity index (χ1v) is 7.33. The first-order chi connectivity index (χ1) is 9.29. The minimum Gasteiger partial charge on any atom is -0.382 e. The third-order valence-corrected chi connectivity index (χ3v) is 3.60. The number of ether oxygens (including phenoxy) is 2. The van der Waals surface area contributed by atoms with Gasteiger partial charge in [-0.1, -0.05) is 0 Å². The maximum atomic E-state index is 12.0. The van der Waals surface area contributed by atoms with Crippen molar-refractivity contribution in [2.75, 3.05) is 27.4 Å². The molecule has 0 aliphatic rings. The molecule has 0 radical (unpaired) electrons.